The molecule has 0 bridgehead atoms. The largest absolute Gasteiger partial charge is 0.351 e. The minimum absolute atomic E-state index is 0.0975. The number of hydrogen-bond donors (Lipinski definition) is 1. The third-order valence-corrected chi connectivity index (χ3v) is 4.04. The lowest BCUT2D eigenvalue weighted by Crippen LogP contribution is -2.34. The van der Waals surface area contributed by atoms with Crippen LogP contribution in [0.2, 0.25) is 5.15 Å². The molecule has 0 radical (unpaired) electrons. The second-order valence-corrected chi connectivity index (χ2v) is 5.86. The zero-order chi connectivity index (χ0) is 14.8. The first kappa shape index (κ1) is 14.3. The maximum Gasteiger partial charge on any atom is 0.252 e. The van der Waals surface area contributed by atoms with Crippen LogP contribution in [0.4, 0.5) is 0 Å². The summed E-state index contributed by atoms with van der Waals surface area (Å²) in [6, 6.07) is 9.87. The van der Waals surface area contributed by atoms with Gasteiger partial charge in [-0.25, -0.2) is 4.98 Å². The van der Waals surface area contributed by atoms with Crippen molar-refractivity contribution in [3.05, 3.63) is 41.0 Å². The Kier molecular flexibility index (Phi) is 4.08. The number of likely N-dealkylation sites (N-methyl/N-ethyl adjacent to an activating group) is 1. The number of carbonyl (C=O) groups is 1. The van der Waals surface area contributed by atoms with E-state index in [1.54, 1.807) is 6.07 Å². The van der Waals surface area contributed by atoms with Gasteiger partial charge < -0.3 is 10.2 Å². The van der Waals surface area contributed by atoms with Crippen molar-refractivity contribution in [3.63, 3.8) is 0 Å². The van der Waals surface area contributed by atoms with Gasteiger partial charge in [-0.2, -0.15) is 0 Å². The summed E-state index contributed by atoms with van der Waals surface area (Å²) in [7, 11) is 2.10. The Morgan fingerprint density at radius 3 is 2.95 bits per heavy atom. The molecule has 1 heterocycles. The summed E-state index contributed by atoms with van der Waals surface area (Å²) < 4.78 is 0. The molecule has 1 fully saturated rings. The molecule has 1 aromatic heterocycles. The van der Waals surface area contributed by atoms with E-state index in [1.807, 2.05) is 24.3 Å². The van der Waals surface area contributed by atoms with Crippen LogP contribution >= 0.6 is 11.6 Å². The molecule has 3 rings (SSSR count). The van der Waals surface area contributed by atoms with Crippen LogP contribution in [0.5, 0.6) is 0 Å². The number of aromatic nitrogens is 1. The highest BCUT2D eigenvalue weighted by Crippen LogP contribution is 2.24. The van der Waals surface area contributed by atoms with Crippen molar-refractivity contribution in [1.82, 2.24) is 15.2 Å². The number of amides is 1. The predicted octanol–water partition coefficient (Wildman–Crippen LogP) is 2.71. The molecule has 5 heteroatoms. The fourth-order valence-corrected chi connectivity index (χ4v) is 2.67. The van der Waals surface area contributed by atoms with E-state index < -0.39 is 0 Å². The quantitative estimate of drug-likeness (QED) is 0.864. The molecule has 0 unspecified atom stereocenters. The first-order valence-electron chi connectivity index (χ1n) is 7.19. The number of para-hydroxylation sites is 1. The molecule has 1 amide bonds. The van der Waals surface area contributed by atoms with Gasteiger partial charge in [0.05, 0.1) is 11.1 Å². The topological polar surface area (TPSA) is 45.2 Å². The number of fused-ring (bicyclic) bond motifs is 1. The fraction of sp³-hybridized carbons (Fsp3) is 0.375. The van der Waals surface area contributed by atoms with Crippen LogP contribution in [0.25, 0.3) is 10.9 Å². The molecule has 110 valence electrons. The lowest BCUT2D eigenvalue weighted by Gasteiger charge is -2.16. The number of rotatable bonds is 5. The highest BCUT2D eigenvalue weighted by Gasteiger charge is 2.25. The molecule has 0 aliphatic heterocycles. The van der Waals surface area contributed by atoms with Crippen LogP contribution in [0.1, 0.15) is 23.2 Å². The molecule has 21 heavy (non-hydrogen) atoms. The lowest BCUT2D eigenvalue weighted by molar-refractivity contribution is 0.0951. The zero-order valence-corrected chi connectivity index (χ0v) is 12.7. The highest BCUT2D eigenvalue weighted by atomic mass is 35.5. The number of benzene rings is 1. The molecule has 0 atom stereocenters. The first-order chi connectivity index (χ1) is 10.1. The number of hydrogen-bond acceptors (Lipinski definition) is 3. The average molecular weight is 304 g/mol. The molecular weight excluding hydrogens is 286 g/mol. The minimum atomic E-state index is -0.0975. The first-order valence-corrected chi connectivity index (χ1v) is 7.56. The van der Waals surface area contributed by atoms with Crippen LogP contribution in [0, 0.1) is 0 Å². The van der Waals surface area contributed by atoms with Crippen molar-refractivity contribution >= 4 is 28.4 Å². The van der Waals surface area contributed by atoms with E-state index in [1.165, 1.54) is 12.8 Å². The summed E-state index contributed by atoms with van der Waals surface area (Å²) in [5, 5.41) is 4.14. The number of pyridine rings is 1. The Morgan fingerprint density at radius 1 is 1.43 bits per heavy atom. The Morgan fingerprint density at radius 2 is 2.19 bits per heavy atom. The van der Waals surface area contributed by atoms with Gasteiger partial charge in [0.25, 0.3) is 5.91 Å². The number of nitrogens with zero attached hydrogens (tertiary/aromatic N) is 2. The fourth-order valence-electron chi connectivity index (χ4n) is 2.47. The second-order valence-electron chi connectivity index (χ2n) is 5.48. The smallest absolute Gasteiger partial charge is 0.252 e. The van der Waals surface area contributed by atoms with Crippen molar-refractivity contribution < 1.29 is 4.79 Å². The molecule has 4 nitrogen and oxygen atoms in total. The maximum atomic E-state index is 12.4. The minimum Gasteiger partial charge on any atom is -0.351 e. The molecule has 0 saturated heterocycles. The second kappa shape index (κ2) is 6.00. The van der Waals surface area contributed by atoms with E-state index in [0.29, 0.717) is 23.3 Å². The van der Waals surface area contributed by atoms with E-state index in [2.05, 4.69) is 22.2 Å². The van der Waals surface area contributed by atoms with Crippen molar-refractivity contribution in [2.45, 2.75) is 18.9 Å². The highest BCUT2D eigenvalue weighted by molar-refractivity contribution is 6.30. The molecule has 1 aliphatic rings. The molecule has 1 aromatic carbocycles. The third-order valence-electron chi connectivity index (χ3n) is 3.85. The number of halogens is 1. The SMILES string of the molecule is CN(CCNC(=O)c1cc(Cl)nc2ccccc12)C1CC1. The van der Waals surface area contributed by atoms with Gasteiger partial charge in [-0.1, -0.05) is 29.8 Å². The zero-order valence-electron chi connectivity index (χ0n) is 12.0. The summed E-state index contributed by atoms with van der Waals surface area (Å²) in [4.78, 5) is 18.9. The molecule has 1 N–H and O–H groups in total. The summed E-state index contributed by atoms with van der Waals surface area (Å²) in [5.41, 5.74) is 1.32. The van der Waals surface area contributed by atoms with Gasteiger partial charge in [0.15, 0.2) is 0 Å². The standard InChI is InChI=1S/C16H18ClN3O/c1-20(11-6-7-11)9-8-18-16(21)13-10-15(17)19-14-5-3-2-4-12(13)14/h2-5,10-11H,6-9H2,1H3,(H,18,21). The van der Waals surface area contributed by atoms with Crippen molar-refractivity contribution in [2.75, 3.05) is 20.1 Å². The van der Waals surface area contributed by atoms with Crippen LogP contribution in [0.15, 0.2) is 30.3 Å². The Labute approximate surface area is 129 Å². The van der Waals surface area contributed by atoms with E-state index >= 15 is 0 Å². The maximum absolute atomic E-state index is 12.4. The molecule has 1 saturated carbocycles. The average Bonchev–Trinajstić information content (AvgIpc) is 3.30. The predicted molar refractivity (Wildman–Crippen MR) is 84.7 cm³/mol. The third kappa shape index (κ3) is 3.34. The van der Waals surface area contributed by atoms with Crippen LogP contribution < -0.4 is 5.32 Å². The van der Waals surface area contributed by atoms with E-state index in [-0.39, 0.29) is 5.91 Å². The van der Waals surface area contributed by atoms with Crippen LogP contribution in [-0.2, 0) is 0 Å². The summed E-state index contributed by atoms with van der Waals surface area (Å²) in [5.74, 6) is -0.0975. The molecule has 2 aromatic rings. The lowest BCUT2D eigenvalue weighted by atomic mass is 10.1. The molecule has 1 aliphatic carbocycles. The summed E-state index contributed by atoms with van der Waals surface area (Å²) in [6.07, 6.45) is 2.55. The van der Waals surface area contributed by atoms with Gasteiger partial charge in [-0.15, -0.1) is 0 Å². The monoisotopic (exact) mass is 303 g/mol. The van der Waals surface area contributed by atoms with Crippen molar-refractivity contribution in [2.24, 2.45) is 0 Å². The van der Waals surface area contributed by atoms with Gasteiger partial charge >= 0.3 is 0 Å². The molecular formula is C16H18ClN3O. The number of carbonyl (C=O) groups excluding carboxylic acids is 1. The van der Waals surface area contributed by atoms with Gasteiger partial charge in [-0.05, 0) is 32.0 Å². The Bertz CT molecular complexity index is 670. The van der Waals surface area contributed by atoms with Crippen LogP contribution in [-0.4, -0.2) is 42.0 Å². The van der Waals surface area contributed by atoms with Gasteiger partial charge in [0.1, 0.15) is 5.15 Å². The molecule has 0 spiro atoms. The number of nitrogens with one attached hydrogen (secondary N) is 1. The van der Waals surface area contributed by atoms with E-state index in [4.69, 9.17) is 11.6 Å². The van der Waals surface area contributed by atoms with Crippen LogP contribution in [0.3, 0.4) is 0 Å². The van der Waals surface area contributed by atoms with E-state index in [0.717, 1.165) is 17.4 Å². The Hall–Kier alpha value is -1.65. The summed E-state index contributed by atoms with van der Waals surface area (Å²) in [6.45, 7) is 1.51. The van der Waals surface area contributed by atoms with Gasteiger partial charge in [0, 0.05) is 24.5 Å². The summed E-state index contributed by atoms with van der Waals surface area (Å²) >= 11 is 6.00. The van der Waals surface area contributed by atoms with Crippen molar-refractivity contribution in [3.8, 4) is 0 Å². The Balaban J connectivity index is 1.71. The van der Waals surface area contributed by atoms with Gasteiger partial charge in [-0.3, -0.25) is 4.79 Å². The normalized spacial score (nSPS) is 14.6. The van der Waals surface area contributed by atoms with Crippen molar-refractivity contribution in [1.29, 1.82) is 0 Å². The van der Waals surface area contributed by atoms with Gasteiger partial charge in [0.2, 0.25) is 0 Å². The van der Waals surface area contributed by atoms with E-state index in [9.17, 15) is 4.79 Å².